The summed E-state index contributed by atoms with van der Waals surface area (Å²) in [5.74, 6) is 0. The SMILES string of the molecule is SC1N=CNC=N1. The van der Waals surface area contributed by atoms with Gasteiger partial charge in [-0.25, -0.2) is 9.98 Å². The summed E-state index contributed by atoms with van der Waals surface area (Å²) in [7, 11) is 0. The lowest BCUT2D eigenvalue weighted by molar-refractivity contribution is 0.974. The van der Waals surface area contributed by atoms with Gasteiger partial charge in [-0.15, -0.1) is 12.6 Å². The summed E-state index contributed by atoms with van der Waals surface area (Å²) < 4.78 is 0. The molecule has 1 N–H and O–H groups in total. The lowest BCUT2D eigenvalue weighted by atomic mass is 10.9. The molecule has 0 spiro atoms. The van der Waals surface area contributed by atoms with Gasteiger partial charge in [0.05, 0.1) is 12.7 Å². The van der Waals surface area contributed by atoms with Crippen LogP contribution >= 0.6 is 12.6 Å². The molecule has 7 heavy (non-hydrogen) atoms. The van der Waals surface area contributed by atoms with Gasteiger partial charge in [-0.05, 0) is 0 Å². The molecular weight excluding hydrogens is 110 g/mol. The largest absolute Gasteiger partial charge is 0.338 e. The molecule has 0 saturated heterocycles. The van der Waals surface area contributed by atoms with Gasteiger partial charge in [0.1, 0.15) is 0 Å². The van der Waals surface area contributed by atoms with Crippen LogP contribution in [-0.4, -0.2) is 18.2 Å². The quantitative estimate of drug-likeness (QED) is 0.423. The molecule has 0 saturated carbocycles. The van der Waals surface area contributed by atoms with E-state index in [1.54, 1.807) is 12.7 Å². The van der Waals surface area contributed by atoms with Crippen LogP contribution in [0.3, 0.4) is 0 Å². The van der Waals surface area contributed by atoms with E-state index < -0.39 is 0 Å². The van der Waals surface area contributed by atoms with Crippen molar-refractivity contribution < 1.29 is 0 Å². The Bertz CT molecular complexity index is 96.7. The van der Waals surface area contributed by atoms with E-state index in [0.717, 1.165) is 0 Å². The zero-order valence-corrected chi connectivity index (χ0v) is 4.47. The summed E-state index contributed by atoms with van der Waals surface area (Å²) >= 11 is 3.93. The Balaban J connectivity index is 2.49. The molecule has 0 atom stereocenters. The van der Waals surface area contributed by atoms with Gasteiger partial charge < -0.3 is 5.32 Å². The molecule has 0 aromatic carbocycles. The topological polar surface area (TPSA) is 36.8 Å². The molecule has 38 valence electrons. The van der Waals surface area contributed by atoms with Crippen molar-refractivity contribution in [3.63, 3.8) is 0 Å². The number of hydrogen-bond donors (Lipinski definition) is 2. The van der Waals surface area contributed by atoms with Crippen molar-refractivity contribution in [2.75, 3.05) is 0 Å². The van der Waals surface area contributed by atoms with Crippen molar-refractivity contribution >= 4 is 25.3 Å². The van der Waals surface area contributed by atoms with E-state index in [-0.39, 0.29) is 5.50 Å². The first kappa shape index (κ1) is 4.64. The third-order valence-corrected chi connectivity index (χ3v) is 0.831. The van der Waals surface area contributed by atoms with E-state index in [0.29, 0.717) is 0 Å². The highest BCUT2D eigenvalue weighted by atomic mass is 32.1. The number of hydrogen-bond acceptors (Lipinski definition) is 4. The van der Waals surface area contributed by atoms with E-state index in [2.05, 4.69) is 27.9 Å². The highest BCUT2D eigenvalue weighted by Gasteiger charge is 1.92. The lowest BCUT2D eigenvalue weighted by Gasteiger charge is -2.00. The third-order valence-electron chi connectivity index (χ3n) is 0.565. The summed E-state index contributed by atoms with van der Waals surface area (Å²) in [4.78, 5) is 7.52. The maximum absolute atomic E-state index is 3.93. The molecule has 1 heterocycles. The van der Waals surface area contributed by atoms with E-state index in [1.807, 2.05) is 0 Å². The molecule has 0 amide bonds. The monoisotopic (exact) mass is 115 g/mol. The van der Waals surface area contributed by atoms with Crippen LogP contribution in [-0.2, 0) is 0 Å². The molecule has 0 aromatic rings. The minimum atomic E-state index is -0.193. The Morgan fingerprint density at radius 2 is 2.00 bits per heavy atom. The summed E-state index contributed by atoms with van der Waals surface area (Å²) in [6.07, 6.45) is 3.12. The molecule has 1 rings (SSSR count). The number of rotatable bonds is 0. The van der Waals surface area contributed by atoms with Crippen LogP contribution in [0.5, 0.6) is 0 Å². The van der Waals surface area contributed by atoms with E-state index >= 15 is 0 Å². The summed E-state index contributed by atoms with van der Waals surface area (Å²) in [5.41, 5.74) is -0.193. The summed E-state index contributed by atoms with van der Waals surface area (Å²) in [5, 5.41) is 2.68. The third kappa shape index (κ3) is 1.19. The molecule has 1 aliphatic rings. The molecule has 0 aromatic heterocycles. The van der Waals surface area contributed by atoms with E-state index in [4.69, 9.17) is 0 Å². The maximum Gasteiger partial charge on any atom is 0.187 e. The minimum absolute atomic E-state index is 0.193. The van der Waals surface area contributed by atoms with Crippen molar-refractivity contribution in [2.45, 2.75) is 5.50 Å². The van der Waals surface area contributed by atoms with Gasteiger partial charge in [0.2, 0.25) is 0 Å². The highest BCUT2D eigenvalue weighted by Crippen LogP contribution is 1.96. The first-order valence-corrected chi connectivity index (χ1v) is 2.38. The lowest BCUT2D eigenvalue weighted by Crippen LogP contribution is -2.14. The van der Waals surface area contributed by atoms with Crippen LogP contribution in [0, 0.1) is 0 Å². The smallest absolute Gasteiger partial charge is 0.187 e. The highest BCUT2D eigenvalue weighted by molar-refractivity contribution is 7.80. The Kier molecular flexibility index (Phi) is 1.31. The predicted octanol–water partition coefficient (Wildman–Crippen LogP) is -0.140. The van der Waals surface area contributed by atoms with Crippen molar-refractivity contribution in [1.82, 2.24) is 5.32 Å². The fraction of sp³-hybridized carbons (Fsp3) is 0.333. The molecule has 0 unspecified atom stereocenters. The molecule has 0 fully saturated rings. The maximum atomic E-state index is 3.93. The Hall–Kier alpha value is -0.510. The number of thiol groups is 1. The molecule has 0 bridgehead atoms. The number of nitrogens with one attached hydrogen (secondary N) is 1. The Morgan fingerprint density at radius 3 is 2.29 bits per heavy atom. The first-order chi connectivity index (χ1) is 3.39. The van der Waals surface area contributed by atoms with Gasteiger partial charge in [-0.1, -0.05) is 0 Å². The van der Waals surface area contributed by atoms with Crippen LogP contribution in [0.4, 0.5) is 0 Å². The van der Waals surface area contributed by atoms with Gasteiger partial charge in [0.15, 0.2) is 5.50 Å². The molecule has 0 aliphatic carbocycles. The fourth-order valence-corrected chi connectivity index (χ4v) is 0.425. The van der Waals surface area contributed by atoms with Crippen molar-refractivity contribution in [3.8, 4) is 0 Å². The van der Waals surface area contributed by atoms with Crippen molar-refractivity contribution in [3.05, 3.63) is 0 Å². The second kappa shape index (κ2) is 1.97. The van der Waals surface area contributed by atoms with E-state index in [1.165, 1.54) is 0 Å². The zero-order chi connectivity index (χ0) is 5.11. The van der Waals surface area contributed by atoms with Gasteiger partial charge in [0, 0.05) is 0 Å². The van der Waals surface area contributed by atoms with Crippen LogP contribution in [0.2, 0.25) is 0 Å². The average Bonchev–Trinajstić information content (AvgIpc) is 1.69. The molecular formula is C3H5N3S. The fourth-order valence-electron chi connectivity index (χ4n) is 0.291. The molecule has 4 heteroatoms. The first-order valence-electron chi connectivity index (χ1n) is 1.87. The zero-order valence-electron chi connectivity index (χ0n) is 3.57. The van der Waals surface area contributed by atoms with Gasteiger partial charge >= 0.3 is 0 Å². The standard InChI is InChI=1S/C3H5N3S/c7-3-5-1-4-2-6-3/h1-3,7H,(H,4,5,6). The van der Waals surface area contributed by atoms with Crippen molar-refractivity contribution in [2.24, 2.45) is 9.98 Å². The average molecular weight is 115 g/mol. The van der Waals surface area contributed by atoms with Gasteiger partial charge in [-0.3, -0.25) is 0 Å². The normalized spacial score (nSPS) is 19.6. The van der Waals surface area contributed by atoms with Crippen molar-refractivity contribution in [1.29, 1.82) is 0 Å². The predicted molar refractivity (Wildman–Crippen MR) is 32.9 cm³/mol. The van der Waals surface area contributed by atoms with Gasteiger partial charge in [0.25, 0.3) is 0 Å². The Morgan fingerprint density at radius 1 is 1.43 bits per heavy atom. The van der Waals surface area contributed by atoms with Crippen LogP contribution < -0.4 is 5.32 Å². The second-order valence-corrected chi connectivity index (χ2v) is 1.53. The van der Waals surface area contributed by atoms with Crippen LogP contribution in [0.1, 0.15) is 0 Å². The van der Waals surface area contributed by atoms with Crippen LogP contribution in [0.15, 0.2) is 9.98 Å². The summed E-state index contributed by atoms with van der Waals surface area (Å²) in [6.45, 7) is 0. The minimum Gasteiger partial charge on any atom is -0.338 e. The molecule has 1 aliphatic heterocycles. The second-order valence-electron chi connectivity index (χ2n) is 1.07. The molecule has 3 nitrogen and oxygen atoms in total. The Labute approximate surface area is 47.0 Å². The molecule has 0 radical (unpaired) electrons. The van der Waals surface area contributed by atoms with E-state index in [9.17, 15) is 0 Å². The van der Waals surface area contributed by atoms with Crippen LogP contribution in [0.25, 0.3) is 0 Å². The number of nitrogens with zero attached hydrogens (tertiary/aromatic N) is 2. The summed E-state index contributed by atoms with van der Waals surface area (Å²) in [6, 6.07) is 0. The van der Waals surface area contributed by atoms with Gasteiger partial charge in [-0.2, -0.15) is 0 Å². The number of aliphatic imine (C=N–C) groups is 2.